The Hall–Kier alpha value is -1.51. The van der Waals surface area contributed by atoms with E-state index in [4.69, 9.17) is 0 Å². The lowest BCUT2D eigenvalue weighted by atomic mass is 10.2. The molecule has 0 radical (unpaired) electrons. The van der Waals surface area contributed by atoms with Crippen LogP contribution >= 0.6 is 0 Å². The zero-order valence-corrected chi connectivity index (χ0v) is 12.2. The molecule has 0 saturated carbocycles. The van der Waals surface area contributed by atoms with Gasteiger partial charge >= 0.3 is 0 Å². The molecule has 1 aromatic carbocycles. The van der Waals surface area contributed by atoms with E-state index >= 15 is 0 Å². The number of sulfonamides is 1. The van der Waals surface area contributed by atoms with Crippen molar-refractivity contribution in [2.75, 3.05) is 26.7 Å². The van der Waals surface area contributed by atoms with E-state index < -0.39 is 14.9 Å². The highest BCUT2D eigenvalue weighted by atomic mass is 32.2. The Morgan fingerprint density at radius 3 is 2.65 bits per heavy atom. The Morgan fingerprint density at radius 1 is 1.35 bits per heavy atom. The van der Waals surface area contributed by atoms with Crippen LogP contribution in [0.1, 0.15) is 6.92 Å². The lowest BCUT2D eigenvalue weighted by Crippen LogP contribution is -2.52. The molecule has 20 heavy (non-hydrogen) atoms. The average molecular weight is 299 g/mol. The molecule has 0 aromatic heterocycles. The molecule has 0 N–H and O–H groups in total. The highest BCUT2D eigenvalue weighted by molar-refractivity contribution is 7.89. The molecule has 2 rings (SSSR count). The molecule has 1 unspecified atom stereocenters. The summed E-state index contributed by atoms with van der Waals surface area (Å²) in [6, 6.07) is 5.03. The molecule has 0 spiro atoms. The molecule has 8 heteroatoms. The number of hydrogen-bond acceptors (Lipinski definition) is 5. The highest BCUT2D eigenvalue weighted by Gasteiger charge is 2.33. The maximum Gasteiger partial charge on any atom is 0.270 e. The van der Waals surface area contributed by atoms with Crippen molar-refractivity contribution in [1.82, 2.24) is 9.21 Å². The summed E-state index contributed by atoms with van der Waals surface area (Å²) < 4.78 is 26.5. The fourth-order valence-corrected chi connectivity index (χ4v) is 4.03. The number of nitro groups is 1. The number of rotatable bonds is 3. The first kappa shape index (κ1) is 14.9. The summed E-state index contributed by atoms with van der Waals surface area (Å²) in [6.07, 6.45) is 0. The van der Waals surface area contributed by atoms with Crippen molar-refractivity contribution >= 4 is 15.7 Å². The maximum atomic E-state index is 12.6. The lowest BCUT2D eigenvalue weighted by molar-refractivity contribution is -0.385. The topological polar surface area (TPSA) is 83.8 Å². The zero-order valence-electron chi connectivity index (χ0n) is 11.4. The summed E-state index contributed by atoms with van der Waals surface area (Å²) in [5.74, 6) is 0. The third kappa shape index (κ3) is 2.82. The number of nitro benzene ring substituents is 1. The summed E-state index contributed by atoms with van der Waals surface area (Å²) >= 11 is 0. The van der Waals surface area contributed by atoms with E-state index in [0.717, 1.165) is 6.07 Å². The summed E-state index contributed by atoms with van der Waals surface area (Å²) in [5.41, 5.74) is -0.215. The molecular formula is C12H17N3O4S. The third-order valence-corrected chi connectivity index (χ3v) is 5.41. The Labute approximate surface area is 118 Å². The highest BCUT2D eigenvalue weighted by Crippen LogP contribution is 2.24. The van der Waals surface area contributed by atoms with Crippen LogP contribution in [0.25, 0.3) is 0 Å². The van der Waals surface area contributed by atoms with Crippen molar-refractivity contribution in [2.45, 2.75) is 17.9 Å². The number of benzene rings is 1. The van der Waals surface area contributed by atoms with E-state index in [9.17, 15) is 18.5 Å². The largest absolute Gasteiger partial charge is 0.303 e. The van der Waals surface area contributed by atoms with E-state index in [1.165, 1.54) is 22.5 Å². The predicted molar refractivity (Wildman–Crippen MR) is 73.9 cm³/mol. The molecule has 1 heterocycles. The van der Waals surface area contributed by atoms with Crippen molar-refractivity contribution in [3.63, 3.8) is 0 Å². The third-order valence-electron chi connectivity index (χ3n) is 3.40. The molecule has 7 nitrogen and oxygen atoms in total. The maximum absolute atomic E-state index is 12.6. The second-order valence-corrected chi connectivity index (χ2v) is 6.87. The van der Waals surface area contributed by atoms with Crippen LogP contribution in [0.15, 0.2) is 29.2 Å². The van der Waals surface area contributed by atoms with Gasteiger partial charge in [-0.2, -0.15) is 4.31 Å². The van der Waals surface area contributed by atoms with Gasteiger partial charge in [0.2, 0.25) is 10.0 Å². The van der Waals surface area contributed by atoms with Crippen molar-refractivity contribution < 1.29 is 13.3 Å². The Kier molecular flexibility index (Phi) is 4.07. The van der Waals surface area contributed by atoms with Crippen LogP contribution in [-0.2, 0) is 10.0 Å². The van der Waals surface area contributed by atoms with Gasteiger partial charge in [-0.1, -0.05) is 6.07 Å². The van der Waals surface area contributed by atoms with Gasteiger partial charge in [0, 0.05) is 37.8 Å². The number of nitrogens with zero attached hydrogens (tertiary/aromatic N) is 3. The summed E-state index contributed by atoms with van der Waals surface area (Å²) in [7, 11) is -1.75. The first-order valence-corrected chi connectivity index (χ1v) is 7.71. The van der Waals surface area contributed by atoms with Gasteiger partial charge < -0.3 is 4.90 Å². The Morgan fingerprint density at radius 2 is 2.05 bits per heavy atom. The van der Waals surface area contributed by atoms with E-state index in [-0.39, 0.29) is 16.6 Å². The SMILES string of the molecule is CC1CN(C)CCN1S(=O)(=O)c1cccc([N+](=O)[O-])c1. The summed E-state index contributed by atoms with van der Waals surface area (Å²) in [4.78, 5) is 12.2. The lowest BCUT2D eigenvalue weighted by Gasteiger charge is -2.37. The summed E-state index contributed by atoms with van der Waals surface area (Å²) in [5, 5.41) is 10.8. The molecule has 1 fully saturated rings. The Bertz CT molecular complexity index is 617. The van der Waals surface area contributed by atoms with Gasteiger partial charge in [0.05, 0.1) is 9.82 Å². The molecule has 0 bridgehead atoms. The number of likely N-dealkylation sites (N-methyl/N-ethyl adjacent to an activating group) is 1. The van der Waals surface area contributed by atoms with Crippen LogP contribution in [-0.4, -0.2) is 55.3 Å². The zero-order chi connectivity index (χ0) is 14.9. The quantitative estimate of drug-likeness (QED) is 0.612. The monoisotopic (exact) mass is 299 g/mol. The minimum absolute atomic E-state index is 0.0249. The van der Waals surface area contributed by atoms with E-state index in [0.29, 0.717) is 19.6 Å². The minimum atomic E-state index is -3.69. The fraction of sp³-hybridized carbons (Fsp3) is 0.500. The van der Waals surface area contributed by atoms with E-state index in [1.807, 2.05) is 14.0 Å². The van der Waals surface area contributed by atoms with Crippen molar-refractivity contribution in [3.05, 3.63) is 34.4 Å². The molecule has 1 saturated heterocycles. The normalized spacial score (nSPS) is 21.8. The molecule has 1 aliphatic heterocycles. The van der Waals surface area contributed by atoms with Crippen LogP contribution < -0.4 is 0 Å². The standard InChI is InChI=1S/C12H17N3O4S/c1-10-9-13(2)6-7-14(10)20(18,19)12-5-3-4-11(8-12)15(16)17/h3-5,8,10H,6-7,9H2,1-2H3. The van der Waals surface area contributed by atoms with Crippen LogP contribution in [0.3, 0.4) is 0 Å². The van der Waals surface area contributed by atoms with Gasteiger partial charge in [-0.15, -0.1) is 0 Å². The second kappa shape index (κ2) is 5.47. The van der Waals surface area contributed by atoms with Crippen LogP contribution in [0.5, 0.6) is 0 Å². The van der Waals surface area contributed by atoms with Gasteiger partial charge in [-0.05, 0) is 20.0 Å². The smallest absolute Gasteiger partial charge is 0.270 e. The van der Waals surface area contributed by atoms with Gasteiger partial charge in [0.25, 0.3) is 5.69 Å². The second-order valence-electron chi connectivity index (χ2n) is 4.98. The molecule has 0 aliphatic carbocycles. The average Bonchev–Trinajstić information content (AvgIpc) is 2.38. The minimum Gasteiger partial charge on any atom is -0.303 e. The van der Waals surface area contributed by atoms with Crippen molar-refractivity contribution in [2.24, 2.45) is 0 Å². The molecule has 1 aliphatic rings. The molecule has 0 amide bonds. The molecule has 1 aromatic rings. The predicted octanol–water partition coefficient (Wildman–Crippen LogP) is 0.919. The van der Waals surface area contributed by atoms with Gasteiger partial charge in [-0.25, -0.2) is 8.42 Å². The van der Waals surface area contributed by atoms with Gasteiger partial charge in [0.1, 0.15) is 0 Å². The van der Waals surface area contributed by atoms with E-state index in [1.54, 1.807) is 0 Å². The number of piperazine rings is 1. The molecule has 110 valence electrons. The molecule has 1 atom stereocenters. The van der Waals surface area contributed by atoms with Crippen LogP contribution in [0.4, 0.5) is 5.69 Å². The Balaban J connectivity index is 2.35. The van der Waals surface area contributed by atoms with Crippen LogP contribution in [0.2, 0.25) is 0 Å². The van der Waals surface area contributed by atoms with Gasteiger partial charge in [-0.3, -0.25) is 10.1 Å². The van der Waals surface area contributed by atoms with Crippen LogP contribution in [0, 0.1) is 10.1 Å². The molecular weight excluding hydrogens is 282 g/mol. The fourth-order valence-electron chi connectivity index (χ4n) is 2.37. The first-order chi connectivity index (χ1) is 9.32. The van der Waals surface area contributed by atoms with Gasteiger partial charge in [0.15, 0.2) is 0 Å². The number of hydrogen-bond donors (Lipinski definition) is 0. The first-order valence-electron chi connectivity index (χ1n) is 6.27. The number of non-ortho nitro benzene ring substituents is 1. The summed E-state index contributed by atoms with van der Waals surface area (Å²) in [6.45, 7) is 3.53. The van der Waals surface area contributed by atoms with E-state index in [2.05, 4.69) is 4.90 Å². The van der Waals surface area contributed by atoms with Crippen molar-refractivity contribution in [3.8, 4) is 0 Å². The van der Waals surface area contributed by atoms with Crippen molar-refractivity contribution in [1.29, 1.82) is 0 Å².